The molecule has 42 heavy (non-hydrogen) atoms. The van der Waals surface area contributed by atoms with Crippen molar-refractivity contribution in [2.24, 2.45) is 0 Å². The summed E-state index contributed by atoms with van der Waals surface area (Å²) in [6, 6.07) is 21.7. The van der Waals surface area contributed by atoms with E-state index in [0.717, 1.165) is 54.7 Å². The second kappa shape index (κ2) is 11.6. The number of nitrogens with one attached hydrogen (secondary N) is 1. The molecule has 0 fully saturated rings. The number of nitrogens with two attached hydrogens (primary N) is 1. The van der Waals surface area contributed by atoms with Crippen LogP contribution in [0.1, 0.15) is 0 Å². The van der Waals surface area contributed by atoms with Gasteiger partial charge in [-0.05, 0) is 24.3 Å². The molecule has 212 valence electrons. The lowest BCUT2D eigenvalue weighted by Gasteiger charge is -2.14. The minimum Gasteiger partial charge on any atom is -0.497 e. The molecule has 0 aliphatic heterocycles. The van der Waals surface area contributed by atoms with Crippen molar-refractivity contribution in [3.05, 3.63) is 72.1 Å². The molecule has 0 aliphatic rings. The Morgan fingerprint density at radius 1 is 0.762 bits per heavy atom. The van der Waals surface area contributed by atoms with Crippen LogP contribution in [0.15, 0.2) is 72.1 Å². The number of fused-ring (bicyclic) bond motifs is 1. The van der Waals surface area contributed by atoms with E-state index in [4.69, 9.17) is 34.6 Å². The summed E-state index contributed by atoms with van der Waals surface area (Å²) in [4.78, 5) is 15.3. The molecule has 3 N–H and O–H groups in total. The Morgan fingerprint density at radius 3 is 2.21 bits per heavy atom. The van der Waals surface area contributed by atoms with Gasteiger partial charge in [-0.1, -0.05) is 41.7 Å². The first-order valence-electron chi connectivity index (χ1n) is 12.8. The van der Waals surface area contributed by atoms with Crippen LogP contribution in [0.5, 0.6) is 23.0 Å². The first-order chi connectivity index (χ1) is 20.5. The number of hydrogen-bond donors (Lipinski definition) is 2. The number of rotatable bonds is 9. The van der Waals surface area contributed by atoms with E-state index in [0.29, 0.717) is 28.2 Å². The van der Waals surface area contributed by atoms with Crippen LogP contribution in [0.25, 0.3) is 43.3 Å². The van der Waals surface area contributed by atoms with Gasteiger partial charge in [0.2, 0.25) is 5.75 Å². The van der Waals surface area contributed by atoms with E-state index in [-0.39, 0.29) is 0 Å². The first kappa shape index (κ1) is 27.3. The number of anilines is 3. The molecule has 0 amide bonds. The molecule has 9 nitrogen and oxygen atoms in total. The molecular weight excluding hydrogens is 571 g/mol. The van der Waals surface area contributed by atoms with Gasteiger partial charge < -0.3 is 30.0 Å². The van der Waals surface area contributed by atoms with Crippen LogP contribution >= 0.6 is 22.7 Å². The molecule has 0 saturated heterocycles. The van der Waals surface area contributed by atoms with Crippen molar-refractivity contribution in [3.63, 3.8) is 0 Å². The summed E-state index contributed by atoms with van der Waals surface area (Å²) in [7, 11) is 6.37. The third kappa shape index (κ3) is 5.15. The number of ether oxygens (including phenoxy) is 4. The van der Waals surface area contributed by atoms with E-state index < -0.39 is 0 Å². The van der Waals surface area contributed by atoms with E-state index in [1.54, 1.807) is 28.4 Å². The van der Waals surface area contributed by atoms with Crippen LogP contribution in [0, 0.1) is 0 Å². The highest BCUT2D eigenvalue weighted by atomic mass is 32.1. The lowest BCUT2D eigenvalue weighted by atomic mass is 10.0. The van der Waals surface area contributed by atoms with Gasteiger partial charge in [0.15, 0.2) is 16.6 Å². The van der Waals surface area contributed by atoms with Crippen LogP contribution in [0.3, 0.4) is 0 Å². The average molecular weight is 598 g/mol. The summed E-state index contributed by atoms with van der Waals surface area (Å²) in [5, 5.41) is 7.67. The summed E-state index contributed by atoms with van der Waals surface area (Å²) in [6.45, 7) is 0. The van der Waals surface area contributed by atoms with E-state index in [1.807, 2.05) is 53.9 Å². The molecule has 0 saturated carbocycles. The fourth-order valence-electron chi connectivity index (χ4n) is 4.62. The Labute approximate surface area is 250 Å². The second-order valence-electron chi connectivity index (χ2n) is 9.11. The summed E-state index contributed by atoms with van der Waals surface area (Å²) in [6.07, 6.45) is 0. The Morgan fingerprint density at radius 2 is 1.52 bits per heavy atom. The number of methoxy groups -OCH3 is 4. The van der Waals surface area contributed by atoms with Crippen LogP contribution in [-0.4, -0.2) is 43.4 Å². The molecule has 0 spiro atoms. The monoisotopic (exact) mass is 597 g/mol. The molecule has 6 aromatic rings. The Balaban J connectivity index is 1.37. The molecular formula is C31H27N5O4S2. The predicted octanol–water partition coefficient (Wildman–Crippen LogP) is 7.51. The van der Waals surface area contributed by atoms with Gasteiger partial charge in [-0.2, -0.15) is 0 Å². The summed E-state index contributed by atoms with van der Waals surface area (Å²) in [5.74, 6) is 2.72. The van der Waals surface area contributed by atoms with E-state index in [1.165, 1.54) is 22.7 Å². The standard InChI is InChI=1S/C31H27N5O4S2/c1-37-19-10-11-22-20(14-19)21(15-23(34-22)17-8-6-5-7-9-17)24-16-41-30(35-24)28-29(32)36-31(42-28)33-18-12-25(38-2)27(40-4)26(13-18)39-3/h5-16H,32H2,1-4H3,(H,33,36). The largest absolute Gasteiger partial charge is 0.497 e. The molecule has 3 heterocycles. The van der Waals surface area contributed by atoms with Crippen LogP contribution in [-0.2, 0) is 0 Å². The number of pyridine rings is 1. The topological polar surface area (TPSA) is 114 Å². The number of benzene rings is 3. The Hall–Kier alpha value is -4.87. The maximum Gasteiger partial charge on any atom is 0.203 e. The van der Waals surface area contributed by atoms with E-state index >= 15 is 0 Å². The summed E-state index contributed by atoms with van der Waals surface area (Å²) < 4.78 is 21.9. The van der Waals surface area contributed by atoms with E-state index in [9.17, 15) is 0 Å². The molecule has 11 heteroatoms. The maximum absolute atomic E-state index is 6.39. The van der Waals surface area contributed by atoms with Crippen molar-refractivity contribution in [1.82, 2.24) is 15.0 Å². The normalized spacial score (nSPS) is 11.0. The van der Waals surface area contributed by atoms with Gasteiger partial charge in [-0.3, -0.25) is 0 Å². The van der Waals surface area contributed by atoms with Crippen LogP contribution in [0.2, 0.25) is 0 Å². The molecule has 0 atom stereocenters. The number of nitrogen functional groups attached to an aromatic ring is 1. The number of nitrogens with zero attached hydrogens (tertiary/aromatic N) is 3. The third-order valence-electron chi connectivity index (χ3n) is 6.63. The summed E-state index contributed by atoms with van der Waals surface area (Å²) >= 11 is 2.93. The molecule has 3 aromatic heterocycles. The number of thiazole rings is 2. The Bertz CT molecular complexity index is 1860. The minimum atomic E-state index is 0.391. The lowest BCUT2D eigenvalue weighted by Crippen LogP contribution is -1.97. The maximum atomic E-state index is 6.39. The SMILES string of the molecule is COc1ccc2nc(-c3ccccc3)cc(-c3csc(-c4sc(Nc5cc(OC)c(OC)c(OC)c5)nc4N)n3)c2c1. The molecule has 0 aliphatic carbocycles. The highest BCUT2D eigenvalue weighted by molar-refractivity contribution is 7.23. The molecule has 0 unspecified atom stereocenters. The van der Waals surface area contributed by atoms with Gasteiger partial charge in [-0.15, -0.1) is 11.3 Å². The van der Waals surface area contributed by atoms with Crippen molar-refractivity contribution >= 4 is 50.2 Å². The highest BCUT2D eigenvalue weighted by Crippen LogP contribution is 2.43. The average Bonchev–Trinajstić information content (AvgIpc) is 3.66. The van der Waals surface area contributed by atoms with Gasteiger partial charge >= 0.3 is 0 Å². The van der Waals surface area contributed by atoms with Crippen molar-refractivity contribution in [2.75, 3.05) is 39.5 Å². The second-order valence-corrected chi connectivity index (χ2v) is 11.0. The van der Waals surface area contributed by atoms with Gasteiger partial charge in [0.25, 0.3) is 0 Å². The highest BCUT2D eigenvalue weighted by Gasteiger charge is 2.19. The van der Waals surface area contributed by atoms with Crippen molar-refractivity contribution in [1.29, 1.82) is 0 Å². The molecule has 6 rings (SSSR count). The smallest absolute Gasteiger partial charge is 0.203 e. The van der Waals surface area contributed by atoms with Gasteiger partial charge in [0, 0.05) is 39.7 Å². The van der Waals surface area contributed by atoms with E-state index in [2.05, 4.69) is 28.5 Å². The predicted molar refractivity (Wildman–Crippen MR) is 170 cm³/mol. The fourth-order valence-corrected chi connectivity index (χ4v) is 6.44. The van der Waals surface area contributed by atoms with Crippen molar-refractivity contribution < 1.29 is 18.9 Å². The molecule has 3 aromatic carbocycles. The van der Waals surface area contributed by atoms with Gasteiger partial charge in [0.05, 0.1) is 45.3 Å². The van der Waals surface area contributed by atoms with Crippen molar-refractivity contribution in [3.8, 4) is 55.4 Å². The van der Waals surface area contributed by atoms with Gasteiger partial charge in [-0.25, -0.2) is 15.0 Å². The lowest BCUT2D eigenvalue weighted by molar-refractivity contribution is 0.324. The van der Waals surface area contributed by atoms with Crippen LogP contribution < -0.4 is 30.0 Å². The fraction of sp³-hybridized carbons (Fsp3) is 0.129. The Kier molecular flexibility index (Phi) is 7.51. The quantitative estimate of drug-likeness (QED) is 0.175. The van der Waals surface area contributed by atoms with Gasteiger partial charge in [0.1, 0.15) is 21.5 Å². The zero-order valence-corrected chi connectivity index (χ0v) is 24.9. The van der Waals surface area contributed by atoms with Crippen LogP contribution in [0.4, 0.5) is 16.6 Å². The first-order valence-corrected chi connectivity index (χ1v) is 14.5. The molecule has 0 radical (unpaired) electrons. The third-order valence-corrected chi connectivity index (χ3v) is 8.61. The summed E-state index contributed by atoms with van der Waals surface area (Å²) in [5.41, 5.74) is 11.6. The van der Waals surface area contributed by atoms with Crippen molar-refractivity contribution in [2.45, 2.75) is 0 Å². The number of hydrogen-bond acceptors (Lipinski definition) is 11. The zero-order chi connectivity index (χ0) is 29.2. The zero-order valence-electron chi connectivity index (χ0n) is 23.3. The molecule has 0 bridgehead atoms. The minimum absolute atomic E-state index is 0.391. The number of aromatic nitrogens is 3.